The van der Waals surface area contributed by atoms with Crippen LogP contribution in [0.3, 0.4) is 0 Å². The molecule has 1 heterocycles. The second kappa shape index (κ2) is 19.3. The van der Waals surface area contributed by atoms with E-state index in [1.54, 1.807) is 27.1 Å². The van der Waals surface area contributed by atoms with Gasteiger partial charge in [0.15, 0.2) is 5.69 Å². The lowest BCUT2D eigenvalue weighted by atomic mass is 10.0. The Balaban J connectivity index is 0.000000353. The molecule has 0 fully saturated rings. The molecule has 4 amide bonds. The van der Waals surface area contributed by atoms with Crippen LogP contribution >= 0.6 is 0 Å². The van der Waals surface area contributed by atoms with Crippen molar-refractivity contribution in [2.24, 2.45) is 0 Å². The van der Waals surface area contributed by atoms with Crippen LogP contribution in [0.5, 0.6) is 0 Å². The average molecular weight is 645 g/mol. The number of hydrogen-bond donors (Lipinski definition) is 4. The molecule has 12 nitrogen and oxygen atoms in total. The minimum absolute atomic E-state index is 0.00760. The third-order valence-electron chi connectivity index (χ3n) is 6.88. The van der Waals surface area contributed by atoms with Gasteiger partial charge in [-0.2, -0.15) is 5.26 Å². The van der Waals surface area contributed by atoms with E-state index < -0.39 is 29.9 Å². The lowest BCUT2D eigenvalue weighted by Gasteiger charge is -2.20. The van der Waals surface area contributed by atoms with Gasteiger partial charge in [-0.15, -0.1) is 0 Å². The Kier molecular flexibility index (Phi) is 15.6. The first-order valence-electron chi connectivity index (χ1n) is 15.3. The maximum Gasteiger partial charge on any atom is 0.274 e. The van der Waals surface area contributed by atoms with Crippen molar-refractivity contribution in [3.05, 3.63) is 100.0 Å². The van der Waals surface area contributed by atoms with Gasteiger partial charge in [0.05, 0.1) is 12.6 Å². The second-order valence-corrected chi connectivity index (χ2v) is 11.1. The Morgan fingerprint density at radius 1 is 1.02 bits per heavy atom. The molecule has 0 aliphatic rings. The molecule has 1 aromatic heterocycles. The molecule has 0 aliphatic carbocycles. The van der Waals surface area contributed by atoms with E-state index in [0.29, 0.717) is 18.7 Å². The van der Waals surface area contributed by atoms with Crippen molar-refractivity contribution >= 4 is 23.6 Å². The molecular formula is C35H44N6O6. The molecule has 2 aromatic carbocycles. The number of likely N-dealkylation sites (N-methyl/N-ethyl adjacent to an activating group) is 1. The highest BCUT2D eigenvalue weighted by molar-refractivity contribution is 5.97. The minimum Gasteiger partial charge on any atom is -0.391 e. The van der Waals surface area contributed by atoms with E-state index in [4.69, 9.17) is 9.78 Å². The fourth-order valence-electron chi connectivity index (χ4n) is 4.15. The molecule has 0 spiro atoms. The molecule has 3 rings (SSSR count). The van der Waals surface area contributed by atoms with Crippen LogP contribution < -0.4 is 16.0 Å². The number of nitriles is 1. The van der Waals surface area contributed by atoms with Gasteiger partial charge < -0.3 is 30.5 Å². The Bertz CT molecular complexity index is 1570. The summed E-state index contributed by atoms with van der Waals surface area (Å²) in [6, 6.07) is 18.2. The van der Waals surface area contributed by atoms with Crippen LogP contribution in [-0.4, -0.2) is 71.6 Å². The Morgan fingerprint density at radius 2 is 1.70 bits per heavy atom. The van der Waals surface area contributed by atoms with E-state index >= 15 is 0 Å². The van der Waals surface area contributed by atoms with Crippen molar-refractivity contribution < 1.29 is 28.8 Å². The summed E-state index contributed by atoms with van der Waals surface area (Å²) in [6.45, 7) is 7.12. The van der Waals surface area contributed by atoms with Crippen molar-refractivity contribution in [2.75, 3.05) is 20.6 Å². The number of aliphatic hydroxyl groups excluding tert-OH is 1. The normalized spacial score (nSPS) is 12.0. The van der Waals surface area contributed by atoms with Gasteiger partial charge in [-0.25, -0.2) is 0 Å². The molecule has 250 valence electrons. The molecule has 2 atom stereocenters. The summed E-state index contributed by atoms with van der Waals surface area (Å²) in [5, 5.41) is 29.8. The molecular weight excluding hydrogens is 600 g/mol. The number of aromatic nitrogens is 1. The number of rotatable bonds is 13. The standard InChI is InChI=1S/C19H24N4O5.C16H20N2O/c1-11-4-6-14(7-5-11)9-20-16(25)10-21-19(27)17(13(3)24)22-18(26)15-8-12(2)28-23-15;1-4-13-7-5-8-14(11-13)9-6-10-15(12-17)16(19)18(2)3/h4-8,13,17,24H,9-10H2,1-3H3,(H,20,25)(H,21,27)(H,22,26);5,7-8,10-11H,4,6,9H2,1-3H3/b;15-10+/t13-,17+;/m1./s1. The van der Waals surface area contributed by atoms with Crippen LogP contribution in [0.15, 0.2) is 70.8 Å². The minimum atomic E-state index is -1.24. The third-order valence-corrected chi connectivity index (χ3v) is 6.88. The van der Waals surface area contributed by atoms with Gasteiger partial charge in [-0.1, -0.05) is 72.3 Å². The van der Waals surface area contributed by atoms with E-state index in [0.717, 1.165) is 24.0 Å². The quantitative estimate of drug-likeness (QED) is 0.162. The number of hydrogen-bond acceptors (Lipinski definition) is 8. The summed E-state index contributed by atoms with van der Waals surface area (Å²) in [5.74, 6) is -1.54. The number of aliphatic hydroxyl groups is 1. The zero-order chi connectivity index (χ0) is 34.9. The first kappa shape index (κ1) is 37.9. The van der Waals surface area contributed by atoms with Crippen LogP contribution in [0.1, 0.15) is 58.8 Å². The van der Waals surface area contributed by atoms with E-state index in [2.05, 4.69) is 46.2 Å². The molecule has 0 unspecified atom stereocenters. The summed E-state index contributed by atoms with van der Waals surface area (Å²) < 4.78 is 4.81. The molecule has 0 bridgehead atoms. The number of carbonyl (C=O) groups excluding carboxylic acids is 4. The Morgan fingerprint density at radius 3 is 2.28 bits per heavy atom. The summed E-state index contributed by atoms with van der Waals surface area (Å²) in [4.78, 5) is 49.4. The lowest BCUT2D eigenvalue weighted by Crippen LogP contribution is -2.53. The first-order chi connectivity index (χ1) is 22.3. The monoisotopic (exact) mass is 644 g/mol. The molecule has 0 saturated carbocycles. The fraction of sp³-hybridized carbons (Fsp3) is 0.371. The van der Waals surface area contributed by atoms with E-state index in [9.17, 15) is 24.3 Å². The summed E-state index contributed by atoms with van der Waals surface area (Å²) >= 11 is 0. The molecule has 0 aliphatic heterocycles. The van der Waals surface area contributed by atoms with Crippen LogP contribution in [-0.2, 0) is 33.8 Å². The molecule has 12 heteroatoms. The zero-order valence-corrected chi connectivity index (χ0v) is 27.8. The van der Waals surface area contributed by atoms with Crippen molar-refractivity contribution in [1.29, 1.82) is 5.26 Å². The van der Waals surface area contributed by atoms with Crippen LogP contribution in [0.4, 0.5) is 0 Å². The van der Waals surface area contributed by atoms with Gasteiger partial charge in [-0.05, 0) is 56.7 Å². The molecule has 47 heavy (non-hydrogen) atoms. The predicted octanol–water partition coefficient (Wildman–Crippen LogP) is 2.92. The van der Waals surface area contributed by atoms with Gasteiger partial charge in [0.1, 0.15) is 23.4 Å². The predicted molar refractivity (Wildman–Crippen MR) is 177 cm³/mol. The smallest absolute Gasteiger partial charge is 0.274 e. The number of nitrogens with zero attached hydrogens (tertiary/aromatic N) is 3. The zero-order valence-electron chi connectivity index (χ0n) is 27.8. The number of amides is 4. The van der Waals surface area contributed by atoms with Gasteiger partial charge in [0.25, 0.3) is 11.8 Å². The second-order valence-electron chi connectivity index (χ2n) is 11.1. The lowest BCUT2D eigenvalue weighted by molar-refractivity contribution is -0.128. The van der Waals surface area contributed by atoms with Crippen LogP contribution in [0.25, 0.3) is 0 Å². The number of carbonyl (C=O) groups is 4. The number of benzene rings is 2. The van der Waals surface area contributed by atoms with Crippen LogP contribution in [0, 0.1) is 25.2 Å². The van der Waals surface area contributed by atoms with Crippen molar-refractivity contribution in [2.45, 2.75) is 65.6 Å². The number of nitrogens with one attached hydrogen (secondary N) is 3. The van der Waals surface area contributed by atoms with E-state index in [1.165, 1.54) is 29.0 Å². The van der Waals surface area contributed by atoms with Crippen LogP contribution in [0.2, 0.25) is 0 Å². The highest BCUT2D eigenvalue weighted by Crippen LogP contribution is 2.10. The Hall–Kier alpha value is -5.28. The molecule has 0 saturated heterocycles. The number of aryl methyl sites for hydroxylation is 4. The third kappa shape index (κ3) is 13.3. The highest BCUT2D eigenvalue weighted by atomic mass is 16.5. The van der Waals surface area contributed by atoms with Gasteiger partial charge in [0, 0.05) is 26.7 Å². The highest BCUT2D eigenvalue weighted by Gasteiger charge is 2.27. The van der Waals surface area contributed by atoms with Gasteiger partial charge in [0.2, 0.25) is 11.8 Å². The largest absolute Gasteiger partial charge is 0.391 e. The van der Waals surface area contributed by atoms with E-state index in [-0.39, 0.29) is 23.7 Å². The van der Waals surface area contributed by atoms with E-state index in [1.807, 2.05) is 43.3 Å². The molecule has 4 N–H and O–H groups in total. The maximum atomic E-state index is 12.3. The summed E-state index contributed by atoms with van der Waals surface area (Å²) in [5.41, 5.74) is 4.82. The SMILES string of the molecule is CCc1cccc(CC/C=C(\C#N)C(=O)N(C)C)c1.Cc1ccc(CNC(=O)CNC(=O)[C@@H](NC(=O)c2cc(C)on2)[C@@H](C)O)cc1. The van der Waals surface area contributed by atoms with Crippen molar-refractivity contribution in [3.8, 4) is 6.07 Å². The number of allylic oxidation sites excluding steroid dienone is 1. The topological polar surface area (TPSA) is 178 Å². The van der Waals surface area contributed by atoms with Gasteiger partial charge in [-0.3, -0.25) is 19.2 Å². The fourth-order valence-corrected chi connectivity index (χ4v) is 4.15. The molecule has 0 radical (unpaired) electrons. The van der Waals surface area contributed by atoms with Gasteiger partial charge >= 0.3 is 0 Å². The first-order valence-corrected chi connectivity index (χ1v) is 15.3. The van der Waals surface area contributed by atoms with Crippen molar-refractivity contribution in [3.63, 3.8) is 0 Å². The summed E-state index contributed by atoms with van der Waals surface area (Å²) in [6.07, 6.45) is 3.12. The average Bonchev–Trinajstić information content (AvgIpc) is 3.50. The van der Waals surface area contributed by atoms with Crippen molar-refractivity contribution in [1.82, 2.24) is 26.0 Å². The molecule has 3 aromatic rings. The maximum absolute atomic E-state index is 12.3. The summed E-state index contributed by atoms with van der Waals surface area (Å²) in [7, 11) is 3.30. The Labute approximate surface area is 275 Å².